The van der Waals surface area contributed by atoms with Crippen molar-refractivity contribution >= 4 is 22.7 Å². The Balaban J connectivity index is 1.59. The predicted molar refractivity (Wildman–Crippen MR) is 106 cm³/mol. The molecule has 5 heteroatoms. The summed E-state index contributed by atoms with van der Waals surface area (Å²) < 4.78 is 5.81. The molecule has 0 aliphatic rings. The summed E-state index contributed by atoms with van der Waals surface area (Å²) in [5, 5.41) is 7.04. The van der Waals surface area contributed by atoms with Crippen LogP contribution < -0.4 is 10.2 Å². The van der Waals surface area contributed by atoms with Gasteiger partial charge in [-0.25, -0.2) is 4.98 Å². The van der Waals surface area contributed by atoms with Crippen LogP contribution in [0.4, 0.5) is 5.13 Å². The van der Waals surface area contributed by atoms with Crippen molar-refractivity contribution in [2.75, 3.05) is 5.43 Å². The van der Waals surface area contributed by atoms with E-state index in [1.54, 1.807) is 6.21 Å². The Morgan fingerprint density at radius 1 is 1.04 bits per heavy atom. The van der Waals surface area contributed by atoms with E-state index >= 15 is 0 Å². The molecule has 1 heterocycles. The molecular formula is C20H21N3OS. The van der Waals surface area contributed by atoms with Gasteiger partial charge in [-0.3, -0.25) is 5.43 Å². The first kappa shape index (κ1) is 17.2. The van der Waals surface area contributed by atoms with Crippen molar-refractivity contribution in [3.8, 4) is 17.0 Å². The van der Waals surface area contributed by atoms with Crippen LogP contribution in [-0.4, -0.2) is 16.8 Å². The number of rotatable bonds is 5. The van der Waals surface area contributed by atoms with Gasteiger partial charge in [0.05, 0.1) is 11.9 Å². The summed E-state index contributed by atoms with van der Waals surface area (Å²) in [4.78, 5) is 4.54. The van der Waals surface area contributed by atoms with Gasteiger partial charge in [0.15, 0.2) is 0 Å². The van der Waals surface area contributed by atoms with E-state index in [1.807, 2.05) is 80.7 Å². The predicted octanol–water partition coefficient (Wildman–Crippen LogP) is 5.43. The molecule has 0 radical (unpaired) electrons. The van der Waals surface area contributed by atoms with Gasteiger partial charge in [-0.05, 0) is 50.6 Å². The molecule has 0 spiro atoms. The van der Waals surface area contributed by atoms with E-state index in [2.05, 4.69) is 15.5 Å². The number of nitrogens with zero attached hydrogens (tertiary/aromatic N) is 2. The van der Waals surface area contributed by atoms with Crippen LogP contribution in [0.1, 0.15) is 26.3 Å². The van der Waals surface area contributed by atoms with Crippen LogP contribution in [-0.2, 0) is 0 Å². The molecule has 3 aromatic rings. The molecule has 3 rings (SSSR count). The smallest absolute Gasteiger partial charge is 0.203 e. The minimum absolute atomic E-state index is 0.196. The highest BCUT2D eigenvalue weighted by Gasteiger charge is 2.11. The van der Waals surface area contributed by atoms with Gasteiger partial charge in [-0.1, -0.05) is 30.3 Å². The fraction of sp³-hybridized carbons (Fsp3) is 0.200. The molecule has 0 saturated carbocycles. The van der Waals surface area contributed by atoms with Crippen molar-refractivity contribution in [1.82, 2.24) is 4.98 Å². The first-order valence-electron chi connectivity index (χ1n) is 8.09. The normalized spacial score (nSPS) is 11.6. The third-order valence-corrected chi connectivity index (χ3v) is 4.00. The number of ether oxygens (including phenoxy) is 1. The maximum absolute atomic E-state index is 5.81. The van der Waals surface area contributed by atoms with E-state index in [4.69, 9.17) is 4.74 Å². The summed E-state index contributed by atoms with van der Waals surface area (Å²) >= 11 is 1.53. The van der Waals surface area contributed by atoms with Gasteiger partial charge >= 0.3 is 0 Å². The van der Waals surface area contributed by atoms with Gasteiger partial charge in [-0.15, -0.1) is 11.3 Å². The van der Waals surface area contributed by atoms with Crippen LogP contribution in [0.2, 0.25) is 0 Å². The van der Waals surface area contributed by atoms with Crippen molar-refractivity contribution < 1.29 is 4.74 Å². The van der Waals surface area contributed by atoms with Crippen molar-refractivity contribution in [3.63, 3.8) is 0 Å². The van der Waals surface area contributed by atoms with Crippen LogP contribution in [0.5, 0.6) is 5.75 Å². The molecule has 0 amide bonds. The molecule has 0 aliphatic carbocycles. The van der Waals surface area contributed by atoms with Crippen LogP contribution in [0.15, 0.2) is 65.1 Å². The zero-order chi connectivity index (χ0) is 17.7. The number of nitrogens with one attached hydrogen (secondary N) is 1. The first-order valence-corrected chi connectivity index (χ1v) is 8.97. The molecule has 1 aromatic heterocycles. The molecule has 0 fully saturated rings. The van der Waals surface area contributed by atoms with E-state index in [0.717, 1.165) is 27.7 Å². The van der Waals surface area contributed by atoms with Gasteiger partial charge in [0.2, 0.25) is 5.13 Å². The van der Waals surface area contributed by atoms with Crippen LogP contribution in [0.25, 0.3) is 11.3 Å². The molecule has 128 valence electrons. The van der Waals surface area contributed by atoms with E-state index < -0.39 is 0 Å². The van der Waals surface area contributed by atoms with Crippen molar-refractivity contribution in [3.05, 3.63) is 65.5 Å². The number of hydrogen-bond acceptors (Lipinski definition) is 5. The van der Waals surface area contributed by atoms with E-state index in [-0.39, 0.29) is 5.60 Å². The van der Waals surface area contributed by atoms with E-state index in [9.17, 15) is 0 Å². The molecule has 4 nitrogen and oxygen atoms in total. The Hall–Kier alpha value is -2.66. The van der Waals surface area contributed by atoms with Gasteiger partial charge in [0, 0.05) is 10.9 Å². The van der Waals surface area contributed by atoms with Crippen molar-refractivity contribution in [1.29, 1.82) is 0 Å². The van der Waals surface area contributed by atoms with Crippen LogP contribution in [0.3, 0.4) is 0 Å². The van der Waals surface area contributed by atoms with Crippen molar-refractivity contribution in [2.45, 2.75) is 26.4 Å². The summed E-state index contributed by atoms with van der Waals surface area (Å²) in [5.41, 5.74) is 5.83. The fourth-order valence-corrected chi connectivity index (χ4v) is 2.87. The minimum Gasteiger partial charge on any atom is -0.488 e. The second kappa shape index (κ2) is 7.49. The molecule has 0 atom stereocenters. The lowest BCUT2D eigenvalue weighted by molar-refractivity contribution is 0.131. The van der Waals surface area contributed by atoms with Gasteiger partial charge < -0.3 is 4.74 Å². The number of anilines is 1. The number of benzene rings is 2. The summed E-state index contributed by atoms with van der Waals surface area (Å²) in [6, 6.07) is 17.9. The quantitative estimate of drug-likeness (QED) is 0.492. The topological polar surface area (TPSA) is 46.5 Å². The molecule has 0 aliphatic heterocycles. The highest BCUT2D eigenvalue weighted by molar-refractivity contribution is 7.14. The summed E-state index contributed by atoms with van der Waals surface area (Å²) in [6.07, 6.45) is 1.77. The van der Waals surface area contributed by atoms with Crippen molar-refractivity contribution in [2.24, 2.45) is 5.10 Å². The Kier molecular flexibility index (Phi) is 5.14. The Bertz CT molecular complexity index is 833. The lowest BCUT2D eigenvalue weighted by Gasteiger charge is -2.21. The molecule has 1 N–H and O–H groups in total. The third-order valence-electron chi connectivity index (χ3n) is 3.25. The maximum Gasteiger partial charge on any atom is 0.203 e. The third kappa shape index (κ3) is 5.16. The molecular weight excluding hydrogens is 330 g/mol. The summed E-state index contributed by atoms with van der Waals surface area (Å²) in [6.45, 7) is 6.10. The van der Waals surface area contributed by atoms with E-state index in [1.165, 1.54) is 11.3 Å². The molecule has 0 bridgehead atoms. The fourth-order valence-electron chi connectivity index (χ4n) is 2.20. The van der Waals surface area contributed by atoms with Crippen LogP contribution in [0, 0.1) is 0 Å². The van der Waals surface area contributed by atoms with E-state index in [0.29, 0.717) is 0 Å². The number of hydrazone groups is 1. The highest BCUT2D eigenvalue weighted by atomic mass is 32.1. The average molecular weight is 351 g/mol. The number of thiazole rings is 1. The standard InChI is InChI=1S/C20H21N3OS/c1-20(2,3)24-17-11-9-15(10-12-17)13-21-23-19-22-18(14-25-19)16-7-5-4-6-8-16/h4-14H,1-3H3,(H,22,23)/b21-13-. The first-order chi connectivity index (χ1) is 12.0. The zero-order valence-corrected chi connectivity index (χ0v) is 15.4. The Morgan fingerprint density at radius 2 is 1.76 bits per heavy atom. The monoisotopic (exact) mass is 351 g/mol. The van der Waals surface area contributed by atoms with Gasteiger partial charge in [-0.2, -0.15) is 5.10 Å². The Labute approximate surface area is 152 Å². The molecule has 2 aromatic carbocycles. The lowest BCUT2D eigenvalue weighted by Crippen LogP contribution is -2.22. The SMILES string of the molecule is CC(C)(C)Oc1ccc(/C=N\Nc2nc(-c3ccccc3)cs2)cc1. The molecule has 0 saturated heterocycles. The van der Waals surface area contributed by atoms with Crippen LogP contribution >= 0.6 is 11.3 Å². The number of aromatic nitrogens is 1. The second-order valence-corrected chi connectivity index (χ2v) is 7.42. The molecule has 25 heavy (non-hydrogen) atoms. The maximum atomic E-state index is 5.81. The number of hydrogen-bond donors (Lipinski definition) is 1. The van der Waals surface area contributed by atoms with Gasteiger partial charge in [0.25, 0.3) is 0 Å². The van der Waals surface area contributed by atoms with Gasteiger partial charge in [0.1, 0.15) is 11.4 Å². The average Bonchev–Trinajstić information content (AvgIpc) is 3.05. The molecule has 0 unspecified atom stereocenters. The second-order valence-electron chi connectivity index (χ2n) is 6.56. The summed E-state index contributed by atoms with van der Waals surface area (Å²) in [7, 11) is 0. The zero-order valence-electron chi connectivity index (χ0n) is 14.6. The largest absolute Gasteiger partial charge is 0.488 e. The minimum atomic E-state index is -0.196. The lowest BCUT2D eigenvalue weighted by atomic mass is 10.2. The Morgan fingerprint density at radius 3 is 2.44 bits per heavy atom. The highest BCUT2D eigenvalue weighted by Crippen LogP contribution is 2.24. The summed E-state index contributed by atoms with van der Waals surface area (Å²) in [5.74, 6) is 0.852.